The van der Waals surface area contributed by atoms with Gasteiger partial charge in [0.15, 0.2) is 0 Å². The van der Waals surface area contributed by atoms with E-state index in [-0.39, 0.29) is 24.4 Å². The summed E-state index contributed by atoms with van der Waals surface area (Å²) in [6.07, 6.45) is 0.0193. The maximum absolute atomic E-state index is 12.8. The summed E-state index contributed by atoms with van der Waals surface area (Å²) >= 11 is 0. The van der Waals surface area contributed by atoms with E-state index in [0.29, 0.717) is 12.2 Å². The minimum absolute atomic E-state index is 0.0193. The van der Waals surface area contributed by atoms with Gasteiger partial charge in [-0.3, -0.25) is 4.79 Å². The summed E-state index contributed by atoms with van der Waals surface area (Å²) in [6, 6.07) is 5.86. The molecule has 0 aliphatic rings. The third-order valence-corrected chi connectivity index (χ3v) is 2.30. The van der Waals surface area contributed by atoms with Crippen molar-refractivity contribution in [3.63, 3.8) is 0 Å². The van der Waals surface area contributed by atoms with Crippen molar-refractivity contribution in [1.82, 2.24) is 0 Å². The largest absolute Gasteiger partial charge is 0.369 e. The van der Waals surface area contributed by atoms with Crippen molar-refractivity contribution in [3.8, 4) is 0 Å². The molecule has 0 saturated heterocycles. The molecular formula is C13H18FNO2. The van der Waals surface area contributed by atoms with Gasteiger partial charge in [-0.05, 0) is 45.0 Å². The van der Waals surface area contributed by atoms with Gasteiger partial charge in [0.25, 0.3) is 5.91 Å². The Hall–Kier alpha value is -1.42. The second-order valence-electron chi connectivity index (χ2n) is 3.97. The van der Waals surface area contributed by atoms with Crippen LogP contribution in [0.4, 0.5) is 10.1 Å². The van der Waals surface area contributed by atoms with Gasteiger partial charge >= 0.3 is 0 Å². The van der Waals surface area contributed by atoms with Crippen LogP contribution in [0.25, 0.3) is 0 Å². The van der Waals surface area contributed by atoms with Crippen LogP contribution in [0.5, 0.6) is 0 Å². The molecule has 0 unspecified atom stereocenters. The zero-order chi connectivity index (χ0) is 12.8. The van der Waals surface area contributed by atoms with E-state index in [1.807, 2.05) is 20.8 Å². The van der Waals surface area contributed by atoms with Gasteiger partial charge in [-0.2, -0.15) is 0 Å². The molecule has 0 aliphatic carbocycles. The number of rotatable bonds is 5. The van der Waals surface area contributed by atoms with Crippen molar-refractivity contribution in [3.05, 3.63) is 30.1 Å². The van der Waals surface area contributed by atoms with E-state index >= 15 is 0 Å². The summed E-state index contributed by atoms with van der Waals surface area (Å²) in [4.78, 5) is 13.4. The number of amides is 1. The number of anilines is 1. The molecule has 0 bridgehead atoms. The number of nitrogens with zero attached hydrogens (tertiary/aromatic N) is 1. The lowest BCUT2D eigenvalue weighted by molar-refractivity contribution is -0.124. The first kappa shape index (κ1) is 13.6. The third-order valence-electron chi connectivity index (χ3n) is 2.30. The van der Waals surface area contributed by atoms with Crippen molar-refractivity contribution in [2.75, 3.05) is 18.1 Å². The van der Waals surface area contributed by atoms with Gasteiger partial charge in [0, 0.05) is 12.2 Å². The van der Waals surface area contributed by atoms with Gasteiger partial charge < -0.3 is 9.64 Å². The van der Waals surface area contributed by atoms with Gasteiger partial charge in [0.05, 0.1) is 6.10 Å². The minimum Gasteiger partial charge on any atom is -0.369 e. The highest BCUT2D eigenvalue weighted by molar-refractivity contribution is 5.94. The Labute approximate surface area is 101 Å². The topological polar surface area (TPSA) is 29.5 Å². The molecule has 0 saturated carbocycles. The standard InChI is InChI=1S/C13H18FNO2/c1-4-15(13(16)9-17-10(2)3)12-7-5-11(14)6-8-12/h5-8,10H,4,9H2,1-3H3. The van der Waals surface area contributed by atoms with Crippen LogP contribution in [-0.4, -0.2) is 25.2 Å². The summed E-state index contributed by atoms with van der Waals surface area (Å²) < 4.78 is 18.0. The van der Waals surface area contributed by atoms with Crippen molar-refractivity contribution < 1.29 is 13.9 Å². The van der Waals surface area contributed by atoms with Gasteiger partial charge in [-0.15, -0.1) is 0 Å². The van der Waals surface area contributed by atoms with E-state index < -0.39 is 0 Å². The van der Waals surface area contributed by atoms with Crippen LogP contribution in [0.15, 0.2) is 24.3 Å². The van der Waals surface area contributed by atoms with E-state index in [0.717, 1.165) is 0 Å². The van der Waals surface area contributed by atoms with Crippen LogP contribution in [0.1, 0.15) is 20.8 Å². The molecule has 0 fully saturated rings. The van der Waals surface area contributed by atoms with Crippen molar-refractivity contribution in [2.45, 2.75) is 26.9 Å². The van der Waals surface area contributed by atoms with Crippen molar-refractivity contribution >= 4 is 11.6 Å². The van der Waals surface area contributed by atoms with Crippen molar-refractivity contribution in [1.29, 1.82) is 0 Å². The molecule has 4 heteroatoms. The van der Waals surface area contributed by atoms with Crippen LogP contribution >= 0.6 is 0 Å². The first-order chi connectivity index (χ1) is 8.04. The van der Waals surface area contributed by atoms with E-state index in [9.17, 15) is 9.18 Å². The van der Waals surface area contributed by atoms with Gasteiger partial charge in [-0.25, -0.2) is 4.39 Å². The first-order valence-electron chi connectivity index (χ1n) is 5.72. The van der Waals surface area contributed by atoms with Crippen LogP contribution in [0.3, 0.4) is 0 Å². The molecule has 1 rings (SSSR count). The summed E-state index contributed by atoms with van der Waals surface area (Å²) in [5.41, 5.74) is 0.686. The number of halogens is 1. The second-order valence-corrected chi connectivity index (χ2v) is 3.97. The average Bonchev–Trinajstić information content (AvgIpc) is 2.30. The fourth-order valence-electron chi connectivity index (χ4n) is 1.44. The van der Waals surface area contributed by atoms with Gasteiger partial charge in [0.1, 0.15) is 12.4 Å². The second kappa shape index (κ2) is 6.35. The van der Waals surface area contributed by atoms with E-state index in [1.54, 1.807) is 17.0 Å². The monoisotopic (exact) mass is 239 g/mol. The highest BCUT2D eigenvalue weighted by Gasteiger charge is 2.14. The first-order valence-corrected chi connectivity index (χ1v) is 5.72. The van der Waals surface area contributed by atoms with E-state index in [2.05, 4.69) is 0 Å². The fraction of sp³-hybridized carbons (Fsp3) is 0.462. The Morgan fingerprint density at radius 2 is 1.94 bits per heavy atom. The normalized spacial score (nSPS) is 10.6. The summed E-state index contributed by atoms with van der Waals surface area (Å²) in [5.74, 6) is -0.427. The highest BCUT2D eigenvalue weighted by Crippen LogP contribution is 2.14. The number of benzene rings is 1. The Morgan fingerprint density at radius 3 is 2.41 bits per heavy atom. The minimum atomic E-state index is -0.310. The van der Waals surface area contributed by atoms with Crippen LogP contribution < -0.4 is 4.90 Å². The molecule has 0 aliphatic heterocycles. The van der Waals surface area contributed by atoms with Crippen LogP contribution in [0.2, 0.25) is 0 Å². The predicted molar refractivity (Wildman–Crippen MR) is 65.5 cm³/mol. The van der Waals surface area contributed by atoms with E-state index in [1.165, 1.54) is 12.1 Å². The number of hydrogen-bond acceptors (Lipinski definition) is 2. The maximum atomic E-state index is 12.8. The Bertz CT molecular complexity index is 362. The molecule has 0 N–H and O–H groups in total. The fourth-order valence-corrected chi connectivity index (χ4v) is 1.44. The molecule has 0 atom stereocenters. The van der Waals surface area contributed by atoms with Crippen LogP contribution in [-0.2, 0) is 9.53 Å². The molecule has 0 radical (unpaired) electrons. The molecular weight excluding hydrogens is 221 g/mol. The predicted octanol–water partition coefficient (Wildman–Crippen LogP) is 2.60. The Morgan fingerprint density at radius 1 is 1.35 bits per heavy atom. The molecule has 1 aromatic carbocycles. The maximum Gasteiger partial charge on any atom is 0.252 e. The van der Waals surface area contributed by atoms with E-state index in [4.69, 9.17) is 4.74 Å². The molecule has 94 valence electrons. The number of likely N-dealkylation sites (N-methyl/N-ethyl adjacent to an activating group) is 1. The number of carbonyl (C=O) groups is 1. The third kappa shape index (κ3) is 4.15. The number of ether oxygens (including phenoxy) is 1. The average molecular weight is 239 g/mol. The lowest BCUT2D eigenvalue weighted by Gasteiger charge is -2.21. The number of hydrogen-bond donors (Lipinski definition) is 0. The zero-order valence-corrected chi connectivity index (χ0v) is 10.4. The smallest absolute Gasteiger partial charge is 0.252 e. The highest BCUT2D eigenvalue weighted by atomic mass is 19.1. The molecule has 3 nitrogen and oxygen atoms in total. The molecule has 0 spiro atoms. The summed E-state index contributed by atoms with van der Waals surface area (Å²) in [5, 5.41) is 0. The Balaban J connectivity index is 2.70. The molecule has 17 heavy (non-hydrogen) atoms. The van der Waals surface area contributed by atoms with Crippen molar-refractivity contribution in [2.24, 2.45) is 0 Å². The molecule has 0 aromatic heterocycles. The molecule has 1 amide bonds. The summed E-state index contributed by atoms with van der Waals surface area (Å²) in [6.45, 7) is 6.20. The SMILES string of the molecule is CCN(C(=O)COC(C)C)c1ccc(F)cc1. The van der Waals surface area contributed by atoms with Crippen LogP contribution in [0, 0.1) is 5.82 Å². The lowest BCUT2D eigenvalue weighted by atomic mass is 10.2. The summed E-state index contributed by atoms with van der Waals surface area (Å²) in [7, 11) is 0. The molecule has 1 aromatic rings. The van der Waals surface area contributed by atoms with Gasteiger partial charge in [0.2, 0.25) is 0 Å². The Kier molecular flexibility index (Phi) is 5.10. The zero-order valence-electron chi connectivity index (χ0n) is 10.4. The lowest BCUT2D eigenvalue weighted by Crippen LogP contribution is -2.34. The number of carbonyl (C=O) groups excluding carboxylic acids is 1. The molecule has 0 heterocycles. The van der Waals surface area contributed by atoms with Gasteiger partial charge in [-0.1, -0.05) is 0 Å². The quantitative estimate of drug-likeness (QED) is 0.790.